The normalized spacial score (nSPS) is 27.4. The second-order valence-electron chi connectivity index (χ2n) is 6.04. The molecule has 1 aliphatic rings. The van der Waals surface area contributed by atoms with E-state index in [1.807, 2.05) is 6.07 Å². The lowest BCUT2D eigenvalue weighted by atomic mass is 9.80. The number of para-hydroxylation sites is 1. The first-order chi connectivity index (χ1) is 9.22. The SMILES string of the molecule is CC1CCC(Nc2ccc3ccccc3n2)C(C)C1. The Balaban J connectivity index is 1.77. The van der Waals surface area contributed by atoms with Gasteiger partial charge >= 0.3 is 0 Å². The molecule has 0 aliphatic heterocycles. The van der Waals surface area contributed by atoms with Crippen LogP contribution in [0.2, 0.25) is 0 Å². The van der Waals surface area contributed by atoms with Crippen LogP contribution in [0.15, 0.2) is 36.4 Å². The van der Waals surface area contributed by atoms with E-state index in [0.717, 1.165) is 23.2 Å². The minimum Gasteiger partial charge on any atom is -0.367 e. The fourth-order valence-electron chi connectivity index (χ4n) is 3.22. The molecule has 1 fully saturated rings. The lowest BCUT2D eigenvalue weighted by Gasteiger charge is -2.33. The molecule has 0 radical (unpaired) electrons. The van der Waals surface area contributed by atoms with Gasteiger partial charge in [-0.3, -0.25) is 0 Å². The molecule has 1 heterocycles. The Morgan fingerprint density at radius 3 is 2.74 bits per heavy atom. The minimum absolute atomic E-state index is 0.574. The second-order valence-corrected chi connectivity index (χ2v) is 6.04. The van der Waals surface area contributed by atoms with Crippen LogP contribution in [0.5, 0.6) is 0 Å². The average molecular weight is 254 g/mol. The summed E-state index contributed by atoms with van der Waals surface area (Å²) < 4.78 is 0. The molecule has 0 amide bonds. The highest BCUT2D eigenvalue weighted by Gasteiger charge is 2.25. The molecular formula is C17H22N2. The number of anilines is 1. The van der Waals surface area contributed by atoms with Crippen LogP contribution < -0.4 is 5.32 Å². The van der Waals surface area contributed by atoms with Gasteiger partial charge in [0.15, 0.2) is 0 Å². The fourth-order valence-corrected chi connectivity index (χ4v) is 3.22. The fraction of sp³-hybridized carbons (Fsp3) is 0.471. The van der Waals surface area contributed by atoms with Gasteiger partial charge in [-0.1, -0.05) is 32.0 Å². The van der Waals surface area contributed by atoms with E-state index < -0.39 is 0 Å². The quantitative estimate of drug-likeness (QED) is 0.855. The Morgan fingerprint density at radius 1 is 1.05 bits per heavy atom. The van der Waals surface area contributed by atoms with Crippen molar-refractivity contribution in [2.75, 3.05) is 5.32 Å². The van der Waals surface area contributed by atoms with E-state index in [4.69, 9.17) is 4.98 Å². The number of nitrogens with one attached hydrogen (secondary N) is 1. The highest BCUT2D eigenvalue weighted by Crippen LogP contribution is 2.30. The summed E-state index contributed by atoms with van der Waals surface area (Å²) in [4.78, 5) is 4.71. The van der Waals surface area contributed by atoms with E-state index in [0.29, 0.717) is 6.04 Å². The highest BCUT2D eigenvalue weighted by atomic mass is 15.0. The monoisotopic (exact) mass is 254 g/mol. The van der Waals surface area contributed by atoms with Crippen LogP contribution in [0.4, 0.5) is 5.82 Å². The third kappa shape index (κ3) is 2.73. The van der Waals surface area contributed by atoms with Gasteiger partial charge < -0.3 is 5.32 Å². The molecule has 100 valence electrons. The Bertz CT molecular complexity index is 564. The molecule has 3 unspecified atom stereocenters. The van der Waals surface area contributed by atoms with Gasteiger partial charge in [-0.15, -0.1) is 0 Å². The average Bonchev–Trinajstić information content (AvgIpc) is 2.42. The van der Waals surface area contributed by atoms with Gasteiger partial charge in [-0.2, -0.15) is 0 Å². The first-order valence-corrected chi connectivity index (χ1v) is 7.34. The second kappa shape index (κ2) is 5.20. The number of nitrogens with zero attached hydrogens (tertiary/aromatic N) is 1. The molecule has 2 heteroatoms. The third-order valence-electron chi connectivity index (χ3n) is 4.36. The largest absolute Gasteiger partial charge is 0.367 e. The molecule has 1 aliphatic carbocycles. The van der Waals surface area contributed by atoms with Crippen LogP contribution in [0.25, 0.3) is 10.9 Å². The number of rotatable bonds is 2. The first-order valence-electron chi connectivity index (χ1n) is 7.34. The van der Waals surface area contributed by atoms with Gasteiger partial charge in [0.05, 0.1) is 5.52 Å². The molecule has 3 atom stereocenters. The lowest BCUT2D eigenvalue weighted by molar-refractivity contribution is 0.276. The smallest absolute Gasteiger partial charge is 0.126 e. The van der Waals surface area contributed by atoms with Crippen molar-refractivity contribution < 1.29 is 0 Å². The van der Waals surface area contributed by atoms with Gasteiger partial charge in [0.1, 0.15) is 5.82 Å². The van der Waals surface area contributed by atoms with Crippen molar-refractivity contribution in [2.24, 2.45) is 11.8 Å². The molecule has 1 aromatic heterocycles. The summed E-state index contributed by atoms with van der Waals surface area (Å²) in [6.07, 6.45) is 3.91. The van der Waals surface area contributed by atoms with Crippen LogP contribution >= 0.6 is 0 Å². The number of hydrogen-bond donors (Lipinski definition) is 1. The van der Waals surface area contributed by atoms with Gasteiger partial charge in [-0.25, -0.2) is 4.98 Å². The third-order valence-corrected chi connectivity index (χ3v) is 4.36. The van der Waals surface area contributed by atoms with Crippen LogP contribution in [-0.2, 0) is 0 Å². The Morgan fingerprint density at radius 2 is 1.89 bits per heavy atom. The molecule has 0 spiro atoms. The zero-order chi connectivity index (χ0) is 13.2. The molecule has 0 bridgehead atoms. The summed E-state index contributed by atoms with van der Waals surface area (Å²) >= 11 is 0. The predicted molar refractivity (Wildman–Crippen MR) is 81.3 cm³/mol. The summed E-state index contributed by atoms with van der Waals surface area (Å²) in [5.74, 6) is 2.62. The van der Waals surface area contributed by atoms with Crippen molar-refractivity contribution in [3.63, 3.8) is 0 Å². The van der Waals surface area contributed by atoms with Crippen molar-refractivity contribution in [3.8, 4) is 0 Å². The van der Waals surface area contributed by atoms with E-state index in [1.165, 1.54) is 24.6 Å². The molecule has 2 aromatic rings. The number of pyridine rings is 1. The summed E-state index contributed by atoms with van der Waals surface area (Å²) in [5, 5.41) is 4.84. The maximum absolute atomic E-state index is 4.71. The topological polar surface area (TPSA) is 24.9 Å². The number of benzene rings is 1. The zero-order valence-corrected chi connectivity index (χ0v) is 11.8. The molecular weight excluding hydrogens is 232 g/mol. The molecule has 1 saturated carbocycles. The zero-order valence-electron chi connectivity index (χ0n) is 11.8. The first kappa shape index (κ1) is 12.5. The van der Waals surface area contributed by atoms with Gasteiger partial charge in [0.25, 0.3) is 0 Å². The molecule has 0 saturated heterocycles. The van der Waals surface area contributed by atoms with E-state index in [2.05, 4.69) is 49.5 Å². The number of fused-ring (bicyclic) bond motifs is 1. The van der Waals surface area contributed by atoms with Crippen LogP contribution in [0.3, 0.4) is 0 Å². The Labute approximate surface area is 115 Å². The summed E-state index contributed by atoms with van der Waals surface area (Å²) in [5.41, 5.74) is 1.07. The predicted octanol–water partition coefficient (Wildman–Crippen LogP) is 4.47. The number of hydrogen-bond acceptors (Lipinski definition) is 2. The minimum atomic E-state index is 0.574. The molecule has 1 aromatic carbocycles. The highest BCUT2D eigenvalue weighted by molar-refractivity contribution is 5.80. The van der Waals surface area contributed by atoms with E-state index >= 15 is 0 Å². The lowest BCUT2D eigenvalue weighted by Crippen LogP contribution is -2.33. The van der Waals surface area contributed by atoms with Crippen molar-refractivity contribution in [3.05, 3.63) is 36.4 Å². The Kier molecular flexibility index (Phi) is 3.41. The summed E-state index contributed by atoms with van der Waals surface area (Å²) in [6, 6.07) is 13.1. The standard InChI is InChI=1S/C17H22N2/c1-12-7-9-15(13(2)11-12)18-17-10-8-14-5-3-4-6-16(14)19-17/h3-6,8,10,12-13,15H,7,9,11H2,1-2H3,(H,18,19). The molecule has 19 heavy (non-hydrogen) atoms. The van der Waals surface area contributed by atoms with E-state index in [1.54, 1.807) is 0 Å². The van der Waals surface area contributed by atoms with Crippen LogP contribution in [-0.4, -0.2) is 11.0 Å². The summed E-state index contributed by atoms with van der Waals surface area (Å²) in [6.45, 7) is 4.72. The van der Waals surface area contributed by atoms with Gasteiger partial charge in [0, 0.05) is 11.4 Å². The molecule has 1 N–H and O–H groups in total. The van der Waals surface area contributed by atoms with Crippen LogP contribution in [0, 0.1) is 11.8 Å². The van der Waals surface area contributed by atoms with Crippen molar-refractivity contribution in [1.82, 2.24) is 4.98 Å². The maximum Gasteiger partial charge on any atom is 0.126 e. The van der Waals surface area contributed by atoms with E-state index in [-0.39, 0.29) is 0 Å². The Hall–Kier alpha value is -1.57. The summed E-state index contributed by atoms with van der Waals surface area (Å²) in [7, 11) is 0. The van der Waals surface area contributed by atoms with E-state index in [9.17, 15) is 0 Å². The number of aromatic nitrogens is 1. The molecule has 3 rings (SSSR count). The maximum atomic E-state index is 4.71. The van der Waals surface area contributed by atoms with Crippen molar-refractivity contribution in [2.45, 2.75) is 39.2 Å². The van der Waals surface area contributed by atoms with Gasteiger partial charge in [-0.05, 0) is 49.3 Å². The van der Waals surface area contributed by atoms with Crippen molar-refractivity contribution in [1.29, 1.82) is 0 Å². The molecule has 2 nitrogen and oxygen atoms in total. The van der Waals surface area contributed by atoms with Crippen LogP contribution in [0.1, 0.15) is 33.1 Å². The van der Waals surface area contributed by atoms with Gasteiger partial charge in [0.2, 0.25) is 0 Å². The van der Waals surface area contributed by atoms with Crippen molar-refractivity contribution >= 4 is 16.7 Å².